The molecule has 0 aliphatic heterocycles. The van der Waals surface area contributed by atoms with E-state index in [2.05, 4.69) is 20.3 Å². The van der Waals surface area contributed by atoms with E-state index in [1.165, 1.54) is 0 Å². The van der Waals surface area contributed by atoms with Crippen LogP contribution >= 0.6 is 0 Å². The van der Waals surface area contributed by atoms with Crippen molar-refractivity contribution in [3.63, 3.8) is 0 Å². The third-order valence-electron chi connectivity index (χ3n) is 3.73. The van der Waals surface area contributed by atoms with Gasteiger partial charge in [-0.15, -0.1) is 0 Å². The Morgan fingerprint density at radius 2 is 1.82 bits per heavy atom. The van der Waals surface area contributed by atoms with Crippen LogP contribution in [0.15, 0.2) is 23.2 Å². The number of rotatable bonds is 12. The molecule has 3 N–H and O–H groups in total. The van der Waals surface area contributed by atoms with Gasteiger partial charge in [0.15, 0.2) is 17.5 Å². The minimum absolute atomic E-state index is 0.00169. The van der Waals surface area contributed by atoms with Crippen LogP contribution in [0.3, 0.4) is 0 Å². The van der Waals surface area contributed by atoms with Gasteiger partial charge in [0.25, 0.3) is 0 Å². The number of guanidine groups is 1. The lowest BCUT2D eigenvalue weighted by atomic mass is 10.1. The molecule has 1 atom stereocenters. The second kappa shape index (κ2) is 12.5. The molecular weight excluding hydrogens is 380 g/mol. The SMILES string of the molecule is CCNC(=NCCCNS(C)(=O)=O)NC(C)c1ccc(OCC)c(OCC)c1. The smallest absolute Gasteiger partial charge is 0.208 e. The highest BCUT2D eigenvalue weighted by molar-refractivity contribution is 7.88. The molecule has 0 amide bonds. The molecule has 0 radical (unpaired) electrons. The van der Waals surface area contributed by atoms with E-state index in [4.69, 9.17) is 9.47 Å². The topological polar surface area (TPSA) is 101 Å². The number of ether oxygens (including phenoxy) is 2. The van der Waals surface area contributed by atoms with Crippen LogP contribution in [0, 0.1) is 0 Å². The van der Waals surface area contributed by atoms with Crippen molar-refractivity contribution < 1.29 is 17.9 Å². The number of nitrogens with zero attached hydrogens (tertiary/aromatic N) is 1. The van der Waals surface area contributed by atoms with Crippen LogP contribution in [-0.4, -0.2) is 53.5 Å². The Labute approximate surface area is 169 Å². The molecule has 0 fully saturated rings. The number of benzene rings is 1. The summed E-state index contributed by atoms with van der Waals surface area (Å²) in [5.41, 5.74) is 1.05. The zero-order chi connectivity index (χ0) is 21.0. The highest BCUT2D eigenvalue weighted by Gasteiger charge is 2.12. The summed E-state index contributed by atoms with van der Waals surface area (Å²) in [4.78, 5) is 4.51. The Morgan fingerprint density at radius 1 is 1.14 bits per heavy atom. The summed E-state index contributed by atoms with van der Waals surface area (Å²) in [5.74, 6) is 2.14. The van der Waals surface area contributed by atoms with Crippen molar-refractivity contribution in [3.8, 4) is 11.5 Å². The molecule has 0 spiro atoms. The lowest BCUT2D eigenvalue weighted by Crippen LogP contribution is -2.39. The van der Waals surface area contributed by atoms with Crippen molar-refractivity contribution in [2.75, 3.05) is 39.1 Å². The predicted octanol–water partition coefficient (Wildman–Crippen LogP) is 2.04. The molecule has 9 heteroatoms. The van der Waals surface area contributed by atoms with E-state index in [9.17, 15) is 8.42 Å². The van der Waals surface area contributed by atoms with Crippen LogP contribution < -0.4 is 24.8 Å². The van der Waals surface area contributed by atoms with Crippen LogP contribution in [-0.2, 0) is 10.0 Å². The zero-order valence-corrected chi connectivity index (χ0v) is 18.4. The Balaban J connectivity index is 2.75. The first-order valence-electron chi connectivity index (χ1n) is 9.69. The molecule has 0 saturated carbocycles. The predicted molar refractivity (Wildman–Crippen MR) is 114 cm³/mol. The van der Waals surface area contributed by atoms with E-state index >= 15 is 0 Å². The van der Waals surface area contributed by atoms with Gasteiger partial charge in [-0.05, 0) is 51.8 Å². The van der Waals surface area contributed by atoms with Gasteiger partial charge in [0, 0.05) is 19.6 Å². The first-order valence-corrected chi connectivity index (χ1v) is 11.6. The van der Waals surface area contributed by atoms with Crippen LogP contribution in [0.1, 0.15) is 45.7 Å². The van der Waals surface area contributed by atoms with Crippen molar-refractivity contribution in [2.45, 2.75) is 40.2 Å². The molecule has 0 aliphatic rings. The van der Waals surface area contributed by atoms with Gasteiger partial charge in [-0.25, -0.2) is 13.1 Å². The summed E-state index contributed by atoms with van der Waals surface area (Å²) in [7, 11) is -3.16. The summed E-state index contributed by atoms with van der Waals surface area (Å²) in [5, 5.41) is 6.57. The fraction of sp³-hybridized carbons (Fsp3) is 0.632. The molecular formula is C19H34N4O4S. The molecule has 0 aliphatic carbocycles. The van der Waals surface area contributed by atoms with E-state index in [1.54, 1.807) is 0 Å². The van der Waals surface area contributed by atoms with Gasteiger partial charge in [0.1, 0.15) is 0 Å². The maximum Gasteiger partial charge on any atom is 0.208 e. The first-order chi connectivity index (χ1) is 13.3. The maximum absolute atomic E-state index is 11.1. The van der Waals surface area contributed by atoms with Crippen molar-refractivity contribution in [3.05, 3.63) is 23.8 Å². The molecule has 1 aromatic carbocycles. The fourth-order valence-corrected chi connectivity index (χ4v) is 2.99. The lowest BCUT2D eigenvalue weighted by Gasteiger charge is -2.20. The van der Waals surface area contributed by atoms with Gasteiger partial charge in [0.05, 0.1) is 25.5 Å². The van der Waals surface area contributed by atoms with Crippen LogP contribution in [0.4, 0.5) is 0 Å². The lowest BCUT2D eigenvalue weighted by molar-refractivity contribution is 0.287. The molecule has 160 valence electrons. The minimum Gasteiger partial charge on any atom is -0.490 e. The number of nitrogens with one attached hydrogen (secondary N) is 3. The monoisotopic (exact) mass is 414 g/mol. The highest BCUT2D eigenvalue weighted by atomic mass is 32.2. The Bertz CT molecular complexity index is 723. The van der Waals surface area contributed by atoms with Crippen molar-refractivity contribution in [1.82, 2.24) is 15.4 Å². The molecule has 0 saturated heterocycles. The minimum atomic E-state index is -3.16. The van der Waals surface area contributed by atoms with Gasteiger partial charge in [0.2, 0.25) is 10.0 Å². The van der Waals surface area contributed by atoms with Gasteiger partial charge in [-0.3, -0.25) is 4.99 Å². The standard InChI is InChI=1S/C19H34N4O4S/c1-6-20-19(21-12-9-13-22-28(5,24)25)23-15(4)16-10-11-17(26-7-2)18(14-16)27-8-3/h10-11,14-15,22H,6-9,12-13H2,1-5H3,(H2,20,21,23). The van der Waals surface area contributed by atoms with E-state index in [1.807, 2.05) is 45.9 Å². The Kier molecular flexibility index (Phi) is 10.7. The van der Waals surface area contributed by atoms with Gasteiger partial charge in [-0.1, -0.05) is 6.07 Å². The zero-order valence-electron chi connectivity index (χ0n) is 17.5. The van der Waals surface area contributed by atoms with Crippen molar-refractivity contribution in [2.24, 2.45) is 4.99 Å². The van der Waals surface area contributed by atoms with E-state index in [0.717, 1.165) is 29.9 Å². The molecule has 0 aromatic heterocycles. The summed E-state index contributed by atoms with van der Waals surface area (Å²) in [6.07, 6.45) is 1.77. The molecule has 1 rings (SSSR count). The van der Waals surface area contributed by atoms with Crippen molar-refractivity contribution >= 4 is 16.0 Å². The summed E-state index contributed by atoms with van der Waals surface area (Å²) < 4.78 is 35.9. The normalized spacial score (nSPS) is 13.1. The number of sulfonamides is 1. The number of aliphatic imine (C=N–C) groups is 1. The largest absolute Gasteiger partial charge is 0.490 e. The van der Waals surface area contributed by atoms with E-state index in [0.29, 0.717) is 38.7 Å². The Hall–Kier alpha value is -2.00. The molecule has 0 bridgehead atoms. The number of hydrogen-bond acceptors (Lipinski definition) is 5. The first kappa shape index (κ1) is 24.0. The summed E-state index contributed by atoms with van der Waals surface area (Å²) in [6.45, 7) is 10.7. The second-order valence-corrected chi connectivity index (χ2v) is 8.05. The quantitative estimate of drug-likeness (QED) is 0.275. The average molecular weight is 415 g/mol. The van der Waals surface area contributed by atoms with Crippen molar-refractivity contribution in [1.29, 1.82) is 0 Å². The molecule has 8 nitrogen and oxygen atoms in total. The van der Waals surface area contributed by atoms with Crippen LogP contribution in [0.2, 0.25) is 0 Å². The van der Waals surface area contributed by atoms with E-state index < -0.39 is 10.0 Å². The van der Waals surface area contributed by atoms with E-state index in [-0.39, 0.29) is 6.04 Å². The Morgan fingerprint density at radius 3 is 2.43 bits per heavy atom. The van der Waals surface area contributed by atoms with Crippen LogP contribution in [0.5, 0.6) is 11.5 Å². The summed E-state index contributed by atoms with van der Waals surface area (Å²) in [6, 6.07) is 5.90. The second-order valence-electron chi connectivity index (χ2n) is 6.22. The molecule has 28 heavy (non-hydrogen) atoms. The third kappa shape index (κ3) is 9.27. The average Bonchev–Trinajstić information content (AvgIpc) is 2.62. The molecule has 1 unspecified atom stereocenters. The highest BCUT2D eigenvalue weighted by Crippen LogP contribution is 2.30. The van der Waals surface area contributed by atoms with Gasteiger partial charge >= 0.3 is 0 Å². The fourth-order valence-electron chi connectivity index (χ4n) is 2.47. The van der Waals surface area contributed by atoms with Gasteiger partial charge < -0.3 is 20.1 Å². The molecule has 1 aromatic rings. The van der Waals surface area contributed by atoms with Gasteiger partial charge in [-0.2, -0.15) is 0 Å². The maximum atomic E-state index is 11.1. The summed E-state index contributed by atoms with van der Waals surface area (Å²) >= 11 is 0. The van der Waals surface area contributed by atoms with Crippen LogP contribution in [0.25, 0.3) is 0 Å². The molecule has 0 heterocycles. The number of hydrogen-bond donors (Lipinski definition) is 3. The third-order valence-corrected chi connectivity index (χ3v) is 4.46.